The third-order valence-corrected chi connectivity index (χ3v) is 1.59. The van der Waals surface area contributed by atoms with E-state index in [1.165, 1.54) is 5.57 Å². The molecular formula is C8H11N. The number of rotatable bonds is 1. The van der Waals surface area contributed by atoms with Crippen molar-refractivity contribution in [1.82, 2.24) is 0 Å². The summed E-state index contributed by atoms with van der Waals surface area (Å²) in [6, 6.07) is 0. The van der Waals surface area contributed by atoms with Crippen molar-refractivity contribution in [3.63, 3.8) is 0 Å². The van der Waals surface area contributed by atoms with E-state index < -0.39 is 0 Å². The molecule has 0 radical (unpaired) electrons. The average molecular weight is 121 g/mol. The molecule has 1 aliphatic heterocycles. The Morgan fingerprint density at radius 2 is 2.33 bits per heavy atom. The van der Waals surface area contributed by atoms with E-state index in [2.05, 4.69) is 18.5 Å². The summed E-state index contributed by atoms with van der Waals surface area (Å²) in [6.45, 7) is 7.99. The Hall–Kier alpha value is -0.850. The van der Waals surface area contributed by atoms with Crippen molar-refractivity contribution >= 4 is 6.21 Å². The van der Waals surface area contributed by atoms with Crippen LogP contribution in [0.5, 0.6) is 0 Å². The van der Waals surface area contributed by atoms with Gasteiger partial charge in [0.1, 0.15) is 0 Å². The summed E-state index contributed by atoms with van der Waals surface area (Å²) in [6.07, 6.45) is 2.87. The highest BCUT2D eigenvalue weighted by Crippen LogP contribution is 2.21. The average Bonchev–Trinajstić information content (AvgIpc) is 2.12. The molecule has 0 spiro atoms. The lowest BCUT2D eigenvalue weighted by molar-refractivity contribution is 1.10. The van der Waals surface area contributed by atoms with Crippen molar-refractivity contribution in [2.24, 2.45) is 4.99 Å². The largest absolute Gasteiger partial charge is 0.261 e. The van der Waals surface area contributed by atoms with E-state index in [9.17, 15) is 0 Å². The highest BCUT2D eigenvalue weighted by Gasteiger charge is 2.06. The predicted molar refractivity (Wildman–Crippen MR) is 40.6 cm³/mol. The lowest BCUT2D eigenvalue weighted by Crippen LogP contribution is -1.82. The Morgan fingerprint density at radius 3 is 2.56 bits per heavy atom. The van der Waals surface area contributed by atoms with E-state index in [0.29, 0.717) is 0 Å². The Balaban J connectivity index is 2.92. The lowest BCUT2D eigenvalue weighted by atomic mass is 10.1. The first-order valence-electron chi connectivity index (χ1n) is 3.18. The van der Waals surface area contributed by atoms with Gasteiger partial charge < -0.3 is 0 Å². The molecule has 0 aromatic heterocycles. The summed E-state index contributed by atoms with van der Waals surface area (Å²) in [4.78, 5) is 4.12. The van der Waals surface area contributed by atoms with Crippen LogP contribution in [-0.2, 0) is 0 Å². The first kappa shape index (κ1) is 6.27. The molecule has 1 rings (SSSR count). The summed E-state index contributed by atoms with van der Waals surface area (Å²) in [5.41, 5.74) is 3.51. The van der Waals surface area contributed by atoms with E-state index in [0.717, 1.165) is 17.7 Å². The summed E-state index contributed by atoms with van der Waals surface area (Å²) >= 11 is 0. The molecule has 9 heavy (non-hydrogen) atoms. The van der Waals surface area contributed by atoms with Gasteiger partial charge in [0.2, 0.25) is 0 Å². The van der Waals surface area contributed by atoms with Crippen LogP contribution in [-0.4, -0.2) is 6.21 Å². The van der Waals surface area contributed by atoms with Crippen LogP contribution in [0.1, 0.15) is 20.3 Å². The predicted octanol–water partition coefficient (Wildman–Crippen LogP) is 2.31. The number of hydrogen-bond acceptors (Lipinski definition) is 1. The smallest absolute Gasteiger partial charge is 0.0411 e. The molecule has 1 heteroatoms. The minimum Gasteiger partial charge on any atom is -0.261 e. The van der Waals surface area contributed by atoms with E-state index >= 15 is 0 Å². The van der Waals surface area contributed by atoms with Crippen molar-refractivity contribution in [2.75, 3.05) is 0 Å². The quantitative estimate of drug-likeness (QED) is 0.504. The Bertz CT molecular complexity index is 197. The van der Waals surface area contributed by atoms with Crippen LogP contribution in [0, 0.1) is 0 Å². The number of aliphatic imine (C=N–C) groups is 1. The molecular weight excluding hydrogens is 110 g/mol. The van der Waals surface area contributed by atoms with Crippen LogP contribution in [0.2, 0.25) is 0 Å². The van der Waals surface area contributed by atoms with Gasteiger partial charge in [0.15, 0.2) is 0 Å². The second-order valence-electron chi connectivity index (χ2n) is 2.20. The molecule has 48 valence electrons. The van der Waals surface area contributed by atoms with Crippen molar-refractivity contribution < 1.29 is 0 Å². The third-order valence-electron chi connectivity index (χ3n) is 1.59. The minimum absolute atomic E-state index is 1.05. The number of nitrogens with zero attached hydrogens (tertiary/aromatic N) is 1. The second kappa shape index (κ2) is 2.18. The zero-order valence-electron chi connectivity index (χ0n) is 5.94. The maximum Gasteiger partial charge on any atom is 0.0411 e. The zero-order chi connectivity index (χ0) is 6.85. The van der Waals surface area contributed by atoms with Gasteiger partial charge in [-0.3, -0.25) is 4.99 Å². The summed E-state index contributed by atoms with van der Waals surface area (Å²) in [7, 11) is 0. The first-order chi connectivity index (χ1) is 4.25. The lowest BCUT2D eigenvalue weighted by Gasteiger charge is -1.96. The molecule has 1 aliphatic rings. The van der Waals surface area contributed by atoms with Crippen molar-refractivity contribution in [3.05, 3.63) is 23.4 Å². The zero-order valence-corrected chi connectivity index (χ0v) is 5.94. The van der Waals surface area contributed by atoms with Gasteiger partial charge in [0.25, 0.3) is 0 Å². The molecule has 0 atom stereocenters. The Labute approximate surface area is 55.8 Å². The molecule has 1 nitrogen and oxygen atoms in total. The van der Waals surface area contributed by atoms with Crippen molar-refractivity contribution in [2.45, 2.75) is 20.3 Å². The van der Waals surface area contributed by atoms with Crippen LogP contribution in [0.15, 0.2) is 28.4 Å². The van der Waals surface area contributed by atoms with E-state index in [4.69, 9.17) is 0 Å². The summed E-state index contributed by atoms with van der Waals surface area (Å²) in [5, 5.41) is 0. The van der Waals surface area contributed by atoms with Crippen LogP contribution in [0.3, 0.4) is 0 Å². The molecule has 0 N–H and O–H groups in total. The second-order valence-corrected chi connectivity index (χ2v) is 2.20. The first-order valence-corrected chi connectivity index (χ1v) is 3.18. The maximum absolute atomic E-state index is 4.12. The van der Waals surface area contributed by atoms with Crippen molar-refractivity contribution in [1.29, 1.82) is 0 Å². The Morgan fingerprint density at radius 1 is 1.67 bits per heavy atom. The van der Waals surface area contributed by atoms with E-state index in [1.54, 1.807) is 0 Å². The molecule has 0 fully saturated rings. The van der Waals surface area contributed by atoms with Gasteiger partial charge in [-0.1, -0.05) is 13.5 Å². The molecule has 0 aromatic rings. The van der Waals surface area contributed by atoms with Crippen molar-refractivity contribution in [3.8, 4) is 0 Å². The molecule has 1 heterocycles. The number of allylic oxidation sites excluding steroid dienone is 3. The highest BCUT2D eigenvalue weighted by atomic mass is 14.7. The summed E-state index contributed by atoms with van der Waals surface area (Å²) < 4.78 is 0. The third kappa shape index (κ3) is 0.947. The fraction of sp³-hybridized carbons (Fsp3) is 0.375. The summed E-state index contributed by atoms with van der Waals surface area (Å²) in [5.74, 6) is 0. The molecule has 0 saturated heterocycles. The normalized spacial score (nSPS) is 17.8. The molecule has 0 aromatic carbocycles. The topological polar surface area (TPSA) is 12.4 Å². The van der Waals surface area contributed by atoms with E-state index in [1.807, 2.05) is 13.1 Å². The molecule has 0 unspecified atom stereocenters. The van der Waals surface area contributed by atoms with Gasteiger partial charge in [0, 0.05) is 11.9 Å². The van der Waals surface area contributed by atoms with Gasteiger partial charge in [-0.05, 0) is 24.5 Å². The molecule has 0 bridgehead atoms. The monoisotopic (exact) mass is 121 g/mol. The Kier molecular flexibility index (Phi) is 1.52. The molecule has 0 saturated carbocycles. The molecule has 0 aliphatic carbocycles. The highest BCUT2D eigenvalue weighted by molar-refractivity contribution is 5.88. The van der Waals surface area contributed by atoms with Gasteiger partial charge in [-0.2, -0.15) is 0 Å². The maximum atomic E-state index is 4.12. The fourth-order valence-electron chi connectivity index (χ4n) is 1.05. The van der Waals surface area contributed by atoms with Gasteiger partial charge in [-0.25, -0.2) is 0 Å². The van der Waals surface area contributed by atoms with E-state index in [-0.39, 0.29) is 0 Å². The minimum atomic E-state index is 1.05. The van der Waals surface area contributed by atoms with Crippen LogP contribution >= 0.6 is 0 Å². The van der Waals surface area contributed by atoms with Gasteiger partial charge in [-0.15, -0.1) is 0 Å². The fourth-order valence-corrected chi connectivity index (χ4v) is 1.05. The van der Waals surface area contributed by atoms with Crippen LogP contribution in [0.25, 0.3) is 0 Å². The van der Waals surface area contributed by atoms with Gasteiger partial charge >= 0.3 is 0 Å². The van der Waals surface area contributed by atoms with Gasteiger partial charge in [0.05, 0.1) is 0 Å². The van der Waals surface area contributed by atoms with Crippen LogP contribution in [0.4, 0.5) is 0 Å². The number of hydrogen-bond donors (Lipinski definition) is 0. The molecule has 0 amide bonds. The standard InChI is InChI=1S/C8H11N/c1-4-8-6(2)5-9-7(8)3/h5H,2,4H2,1,3H3. The van der Waals surface area contributed by atoms with Crippen LogP contribution < -0.4 is 0 Å². The SMILES string of the molecule is C=C1C=NC(C)=C1CC.